The van der Waals surface area contributed by atoms with Gasteiger partial charge in [0.25, 0.3) is 0 Å². The van der Waals surface area contributed by atoms with Crippen molar-refractivity contribution < 1.29 is 43.5 Å². The molecule has 2 heterocycles. The fourth-order valence-corrected chi connectivity index (χ4v) is 9.17. The molecule has 2 aromatic rings. The number of aliphatic hydroxyl groups excluding tert-OH is 2. The Morgan fingerprint density at radius 3 is 2.52 bits per heavy atom. The molecule has 54 heavy (non-hydrogen) atoms. The standard InChI is InChI=1S/C42H56N2O9S/c1-5-23-50-42-37(44(2)41(47)48-3)27-35(43-53-38-14-8-11-24-49-38)33-25-28(12-6-9-21-45)32(13-7-10-22-46)39(40(33)42)34-26-30(17-20-36(34)52-42)51-29-15-18-31(54-4)19-16-29/h5,15-20,25-26,28,32,37-40,45-46H,1,6-14,21-24,27H2,2-4H3/t28-,32+,37-,38?,39+,40+,42+/m0/s1. The molecule has 2 aliphatic heterocycles. The molecule has 0 aromatic heterocycles. The van der Waals surface area contributed by atoms with Crippen LogP contribution in [-0.4, -0.2) is 91.9 Å². The number of benzene rings is 2. The van der Waals surface area contributed by atoms with E-state index >= 15 is 0 Å². The summed E-state index contributed by atoms with van der Waals surface area (Å²) in [5, 5.41) is 24.5. The van der Waals surface area contributed by atoms with E-state index in [-0.39, 0.29) is 44.0 Å². The first-order valence-corrected chi connectivity index (χ1v) is 20.6. The maximum atomic E-state index is 13.4. The number of allylic oxidation sites excluding steroid dienone is 1. The lowest BCUT2D eigenvalue weighted by Gasteiger charge is -2.59. The zero-order valence-corrected chi connectivity index (χ0v) is 32.6. The van der Waals surface area contributed by atoms with Gasteiger partial charge in [0, 0.05) is 49.5 Å². The highest BCUT2D eigenvalue weighted by molar-refractivity contribution is 7.98. The Hall–Kier alpha value is -3.55. The minimum atomic E-state index is -1.34. The van der Waals surface area contributed by atoms with Crippen molar-refractivity contribution in [2.24, 2.45) is 22.9 Å². The van der Waals surface area contributed by atoms with Gasteiger partial charge in [-0.15, -0.1) is 18.3 Å². The first-order chi connectivity index (χ1) is 26.4. The smallest absolute Gasteiger partial charge is 0.409 e. The number of oxime groups is 1. The van der Waals surface area contributed by atoms with E-state index < -0.39 is 30.1 Å². The van der Waals surface area contributed by atoms with Gasteiger partial charge in [0.15, 0.2) is 0 Å². The van der Waals surface area contributed by atoms with Crippen LogP contribution in [0.1, 0.15) is 75.7 Å². The van der Waals surface area contributed by atoms with Crippen LogP contribution in [0.4, 0.5) is 4.79 Å². The Labute approximate surface area is 323 Å². The summed E-state index contributed by atoms with van der Waals surface area (Å²) in [5.41, 5.74) is 2.67. The molecule has 1 saturated carbocycles. The first-order valence-electron chi connectivity index (χ1n) is 19.4. The van der Waals surface area contributed by atoms with Crippen LogP contribution in [0.5, 0.6) is 17.2 Å². The maximum Gasteiger partial charge on any atom is 0.409 e. The number of thioether (sulfide) groups is 1. The molecule has 12 heteroatoms. The number of aliphatic hydroxyl groups is 2. The van der Waals surface area contributed by atoms with Gasteiger partial charge in [0.05, 0.1) is 32.0 Å². The minimum absolute atomic E-state index is 0.0977. The number of unbranched alkanes of at least 4 members (excludes halogenated alkanes) is 2. The number of carbonyl (C=O) groups is 1. The third-order valence-corrected chi connectivity index (χ3v) is 12.0. The summed E-state index contributed by atoms with van der Waals surface area (Å²) in [6, 6.07) is 13.3. The highest BCUT2D eigenvalue weighted by Gasteiger charge is 2.65. The number of carbonyl (C=O) groups excluding carboxylic acids is 1. The molecule has 0 spiro atoms. The van der Waals surface area contributed by atoms with Gasteiger partial charge in [0.2, 0.25) is 12.1 Å². The number of ether oxygens (including phenoxy) is 5. The van der Waals surface area contributed by atoms with E-state index in [4.69, 9.17) is 33.7 Å². The molecule has 1 unspecified atom stereocenters. The number of methoxy groups -OCH3 is 1. The zero-order valence-electron chi connectivity index (χ0n) is 31.8. The van der Waals surface area contributed by atoms with Gasteiger partial charge in [-0.3, -0.25) is 0 Å². The second-order valence-electron chi connectivity index (χ2n) is 14.5. The lowest BCUT2D eigenvalue weighted by molar-refractivity contribution is -0.253. The van der Waals surface area contributed by atoms with Crippen LogP contribution in [0.3, 0.4) is 0 Å². The van der Waals surface area contributed by atoms with Crippen LogP contribution in [-0.2, 0) is 19.0 Å². The molecule has 2 fully saturated rings. The number of fused-ring (bicyclic) bond motifs is 2. The molecule has 6 rings (SSSR count). The predicted molar refractivity (Wildman–Crippen MR) is 208 cm³/mol. The summed E-state index contributed by atoms with van der Waals surface area (Å²) in [6.07, 6.45) is 12.9. The molecule has 294 valence electrons. The Bertz CT molecular complexity index is 1630. The van der Waals surface area contributed by atoms with Crippen molar-refractivity contribution in [2.45, 2.75) is 93.1 Å². The van der Waals surface area contributed by atoms with Gasteiger partial charge in [-0.2, -0.15) is 0 Å². The quantitative estimate of drug-likeness (QED) is 0.0707. The third kappa shape index (κ3) is 8.63. The normalized spacial score (nSPS) is 27.9. The van der Waals surface area contributed by atoms with Crippen molar-refractivity contribution in [3.05, 3.63) is 72.3 Å². The number of amides is 1. The van der Waals surface area contributed by atoms with Crippen molar-refractivity contribution in [3.63, 3.8) is 0 Å². The molecular weight excluding hydrogens is 709 g/mol. The van der Waals surface area contributed by atoms with E-state index in [0.717, 1.165) is 66.7 Å². The van der Waals surface area contributed by atoms with Crippen LogP contribution in [0.15, 0.2) is 76.8 Å². The second-order valence-corrected chi connectivity index (χ2v) is 15.4. The maximum absolute atomic E-state index is 13.4. The van der Waals surface area contributed by atoms with Gasteiger partial charge in [-0.1, -0.05) is 30.1 Å². The van der Waals surface area contributed by atoms with Crippen molar-refractivity contribution in [2.75, 3.05) is 46.8 Å². The van der Waals surface area contributed by atoms with E-state index in [1.54, 1.807) is 29.8 Å². The number of rotatable bonds is 17. The van der Waals surface area contributed by atoms with Gasteiger partial charge in [0.1, 0.15) is 23.3 Å². The largest absolute Gasteiger partial charge is 0.459 e. The van der Waals surface area contributed by atoms with E-state index in [1.165, 1.54) is 7.11 Å². The molecule has 2 aliphatic carbocycles. The Morgan fingerprint density at radius 1 is 1.07 bits per heavy atom. The van der Waals surface area contributed by atoms with Crippen LogP contribution >= 0.6 is 11.8 Å². The van der Waals surface area contributed by atoms with E-state index in [2.05, 4.69) is 18.7 Å². The predicted octanol–water partition coefficient (Wildman–Crippen LogP) is 8.06. The van der Waals surface area contributed by atoms with E-state index in [1.807, 2.05) is 42.7 Å². The molecule has 1 amide bonds. The topological polar surface area (TPSA) is 129 Å². The lowest BCUT2D eigenvalue weighted by Crippen LogP contribution is -2.69. The number of hydrogen-bond donors (Lipinski definition) is 2. The summed E-state index contributed by atoms with van der Waals surface area (Å²) < 4.78 is 31.7. The highest BCUT2D eigenvalue weighted by Crippen LogP contribution is 2.62. The Morgan fingerprint density at radius 2 is 1.83 bits per heavy atom. The fourth-order valence-electron chi connectivity index (χ4n) is 8.76. The molecule has 7 atom stereocenters. The summed E-state index contributed by atoms with van der Waals surface area (Å²) >= 11 is 1.68. The Kier molecular flexibility index (Phi) is 14.0. The molecule has 11 nitrogen and oxygen atoms in total. The summed E-state index contributed by atoms with van der Waals surface area (Å²) in [4.78, 5) is 22.3. The van der Waals surface area contributed by atoms with E-state index in [9.17, 15) is 15.0 Å². The Balaban J connectivity index is 1.54. The average molecular weight is 765 g/mol. The molecule has 0 radical (unpaired) electrons. The van der Waals surface area contributed by atoms with Crippen molar-refractivity contribution in [1.82, 2.24) is 4.90 Å². The molecule has 2 aromatic carbocycles. The number of hydrogen-bond acceptors (Lipinski definition) is 11. The average Bonchev–Trinajstić information content (AvgIpc) is 3.20. The molecular formula is C42H56N2O9S. The molecule has 1 saturated heterocycles. The second kappa shape index (κ2) is 18.9. The highest BCUT2D eigenvalue weighted by atomic mass is 32.2. The van der Waals surface area contributed by atoms with Crippen LogP contribution in [0.2, 0.25) is 0 Å². The minimum Gasteiger partial charge on any atom is -0.459 e. The molecule has 0 bridgehead atoms. The van der Waals surface area contributed by atoms with Crippen LogP contribution < -0.4 is 9.47 Å². The van der Waals surface area contributed by atoms with Crippen LogP contribution in [0.25, 0.3) is 0 Å². The lowest BCUT2D eigenvalue weighted by atomic mass is 9.55. The van der Waals surface area contributed by atoms with Gasteiger partial charge < -0.3 is 43.6 Å². The van der Waals surface area contributed by atoms with Gasteiger partial charge in [-0.05, 0) is 105 Å². The summed E-state index contributed by atoms with van der Waals surface area (Å²) in [7, 11) is 3.08. The fraction of sp³-hybridized carbons (Fsp3) is 0.571. The number of likely N-dealkylation sites (N-methyl/N-ethyl adjacent to an activating group) is 1. The number of nitrogens with zero attached hydrogens (tertiary/aromatic N) is 2. The monoisotopic (exact) mass is 764 g/mol. The van der Waals surface area contributed by atoms with Crippen molar-refractivity contribution >= 4 is 23.6 Å². The SMILES string of the molecule is C=CCO[C@@]12Oc3ccc(Oc4ccc(SC)cc4)cc3[C@H]3[C@H](CCCCO)[C@@H](CCCCO)C=C(C(=NOC4CCCCO4)C[C@@H]1N(C)C(=O)OC)[C@H]32. The van der Waals surface area contributed by atoms with Crippen molar-refractivity contribution in [3.8, 4) is 17.2 Å². The first kappa shape index (κ1) is 40.1. The summed E-state index contributed by atoms with van der Waals surface area (Å²) in [5.74, 6) is 0.350. The van der Waals surface area contributed by atoms with Crippen molar-refractivity contribution in [1.29, 1.82) is 0 Å². The van der Waals surface area contributed by atoms with E-state index in [0.29, 0.717) is 36.7 Å². The van der Waals surface area contributed by atoms with Crippen LogP contribution in [0, 0.1) is 17.8 Å². The molecule has 2 N–H and O–H groups in total. The summed E-state index contributed by atoms with van der Waals surface area (Å²) in [6.45, 7) is 5.01. The van der Waals surface area contributed by atoms with Gasteiger partial charge in [-0.25, -0.2) is 4.79 Å². The molecule has 4 aliphatic rings. The zero-order chi connectivity index (χ0) is 38.1. The van der Waals surface area contributed by atoms with Gasteiger partial charge >= 0.3 is 6.09 Å². The third-order valence-electron chi connectivity index (χ3n) is 11.3.